The zero-order chi connectivity index (χ0) is 22.7. The fraction of sp³-hybridized carbons (Fsp3) is 0.333. The van der Waals surface area contributed by atoms with Crippen LogP contribution in [0.5, 0.6) is 5.75 Å². The summed E-state index contributed by atoms with van der Waals surface area (Å²) in [6.45, 7) is 2.08. The molecule has 1 aliphatic carbocycles. The number of para-hydroxylation sites is 1. The van der Waals surface area contributed by atoms with Crippen LogP contribution in [-0.4, -0.2) is 32.0 Å². The van der Waals surface area contributed by atoms with E-state index < -0.39 is 10.7 Å². The van der Waals surface area contributed by atoms with Gasteiger partial charge >= 0.3 is 5.69 Å². The molecular formula is C24H25N3O4S. The summed E-state index contributed by atoms with van der Waals surface area (Å²) in [5.41, 5.74) is 2.07. The van der Waals surface area contributed by atoms with Gasteiger partial charge in [-0.1, -0.05) is 50.5 Å². The molecule has 0 aromatic heterocycles. The van der Waals surface area contributed by atoms with Crippen molar-refractivity contribution < 1.29 is 14.8 Å². The number of benzene rings is 2. The van der Waals surface area contributed by atoms with Gasteiger partial charge in [-0.15, -0.1) is 0 Å². The molecule has 166 valence electrons. The minimum absolute atomic E-state index is 0.108. The van der Waals surface area contributed by atoms with Gasteiger partial charge in [0.25, 0.3) is 5.91 Å². The predicted molar refractivity (Wildman–Crippen MR) is 127 cm³/mol. The van der Waals surface area contributed by atoms with Crippen LogP contribution in [0.3, 0.4) is 0 Å². The number of nitrogens with zero attached hydrogens (tertiary/aromatic N) is 3. The SMILES string of the molecule is CCc1ccccc1N=C1S/C(=C/c2ccc(O)c([N+](=O)[O-])c2)C(=O)N1C1CCCCC1. The van der Waals surface area contributed by atoms with E-state index in [1.165, 1.54) is 30.3 Å². The zero-order valence-corrected chi connectivity index (χ0v) is 18.7. The number of hydrogen-bond donors (Lipinski definition) is 1. The van der Waals surface area contributed by atoms with E-state index in [1.807, 2.05) is 29.2 Å². The molecule has 1 saturated heterocycles. The number of carbonyl (C=O) groups is 1. The number of hydrogen-bond acceptors (Lipinski definition) is 6. The standard InChI is InChI=1S/C24H25N3O4S/c1-2-17-8-6-7-11-19(17)25-24-26(18-9-4-3-5-10-18)23(29)22(32-24)15-16-12-13-21(28)20(14-16)27(30)31/h6-8,11-15,18,28H,2-5,9-10H2,1H3/b22-15+,25-24?. The third-order valence-corrected chi connectivity index (χ3v) is 6.84. The van der Waals surface area contributed by atoms with Crippen molar-refractivity contribution in [3.63, 3.8) is 0 Å². The molecular weight excluding hydrogens is 426 g/mol. The third-order valence-electron chi connectivity index (χ3n) is 5.86. The number of thioether (sulfide) groups is 1. The maximum Gasteiger partial charge on any atom is 0.311 e. The summed E-state index contributed by atoms with van der Waals surface area (Å²) in [5.74, 6) is -0.518. The van der Waals surface area contributed by atoms with Crippen molar-refractivity contribution in [3.05, 3.63) is 68.6 Å². The van der Waals surface area contributed by atoms with Gasteiger partial charge in [0, 0.05) is 12.1 Å². The fourth-order valence-electron chi connectivity index (χ4n) is 4.18. The van der Waals surface area contributed by atoms with E-state index in [0.717, 1.165) is 43.4 Å². The molecule has 0 atom stereocenters. The number of aryl methyl sites for hydroxylation is 1. The first-order chi connectivity index (χ1) is 15.5. The highest BCUT2D eigenvalue weighted by molar-refractivity contribution is 8.18. The summed E-state index contributed by atoms with van der Waals surface area (Å²) in [4.78, 5) is 31.1. The van der Waals surface area contributed by atoms with Crippen LogP contribution < -0.4 is 0 Å². The van der Waals surface area contributed by atoms with Gasteiger partial charge in [0.15, 0.2) is 10.9 Å². The zero-order valence-electron chi connectivity index (χ0n) is 17.9. The molecule has 7 nitrogen and oxygen atoms in total. The van der Waals surface area contributed by atoms with E-state index in [2.05, 4.69) is 6.92 Å². The van der Waals surface area contributed by atoms with Crippen molar-refractivity contribution in [1.82, 2.24) is 4.90 Å². The summed E-state index contributed by atoms with van der Waals surface area (Å²) in [6, 6.07) is 12.2. The Morgan fingerprint density at radius 2 is 1.97 bits per heavy atom. The Kier molecular flexibility index (Phi) is 6.60. The number of carbonyl (C=O) groups excluding carboxylic acids is 1. The molecule has 2 aromatic carbocycles. The van der Waals surface area contributed by atoms with E-state index in [9.17, 15) is 20.0 Å². The minimum Gasteiger partial charge on any atom is -0.502 e. The lowest BCUT2D eigenvalue weighted by Gasteiger charge is -2.30. The van der Waals surface area contributed by atoms with Crippen LogP contribution in [0.2, 0.25) is 0 Å². The Bertz CT molecular complexity index is 1110. The fourth-order valence-corrected chi connectivity index (χ4v) is 5.23. The lowest BCUT2D eigenvalue weighted by atomic mass is 9.94. The second kappa shape index (κ2) is 9.56. The summed E-state index contributed by atoms with van der Waals surface area (Å²) in [6.07, 6.45) is 7.72. The molecule has 32 heavy (non-hydrogen) atoms. The van der Waals surface area contributed by atoms with Gasteiger partial charge in [0.1, 0.15) is 0 Å². The molecule has 1 N–H and O–H groups in total. The molecule has 1 aliphatic heterocycles. The highest BCUT2D eigenvalue weighted by Crippen LogP contribution is 2.39. The Morgan fingerprint density at radius 3 is 2.69 bits per heavy atom. The van der Waals surface area contributed by atoms with Crippen LogP contribution in [0.1, 0.15) is 50.2 Å². The number of phenolic OH excluding ortho intramolecular Hbond substituents is 1. The Morgan fingerprint density at radius 1 is 1.22 bits per heavy atom. The van der Waals surface area contributed by atoms with Crippen LogP contribution in [0.15, 0.2) is 52.4 Å². The lowest BCUT2D eigenvalue weighted by Crippen LogP contribution is -2.40. The molecule has 1 saturated carbocycles. The van der Waals surface area contributed by atoms with Gasteiger partial charge in [-0.3, -0.25) is 19.8 Å². The normalized spacial score (nSPS) is 19.8. The maximum absolute atomic E-state index is 13.4. The van der Waals surface area contributed by atoms with E-state index in [-0.39, 0.29) is 17.6 Å². The number of nitro groups is 1. The molecule has 0 unspecified atom stereocenters. The average Bonchev–Trinajstić information content (AvgIpc) is 3.10. The first-order valence-corrected chi connectivity index (χ1v) is 11.7. The van der Waals surface area contributed by atoms with Crippen molar-refractivity contribution in [2.24, 2.45) is 4.99 Å². The second-order valence-electron chi connectivity index (χ2n) is 7.96. The van der Waals surface area contributed by atoms with Gasteiger partial charge in [-0.05, 0) is 60.4 Å². The van der Waals surface area contributed by atoms with Gasteiger partial charge in [-0.2, -0.15) is 0 Å². The van der Waals surface area contributed by atoms with E-state index >= 15 is 0 Å². The van der Waals surface area contributed by atoms with Gasteiger partial charge < -0.3 is 5.11 Å². The van der Waals surface area contributed by atoms with E-state index in [1.54, 1.807) is 12.1 Å². The van der Waals surface area contributed by atoms with Crippen molar-refractivity contribution in [2.75, 3.05) is 0 Å². The Labute approximate surface area is 191 Å². The van der Waals surface area contributed by atoms with Crippen molar-refractivity contribution in [3.8, 4) is 5.75 Å². The topological polar surface area (TPSA) is 96.0 Å². The summed E-state index contributed by atoms with van der Waals surface area (Å²) < 4.78 is 0. The Hall–Kier alpha value is -3.13. The molecule has 1 amide bonds. The van der Waals surface area contributed by atoms with Crippen LogP contribution in [0.4, 0.5) is 11.4 Å². The Balaban J connectivity index is 1.74. The number of rotatable bonds is 5. The van der Waals surface area contributed by atoms with Gasteiger partial charge in [0.2, 0.25) is 0 Å². The molecule has 1 heterocycles. The van der Waals surface area contributed by atoms with Crippen LogP contribution in [0, 0.1) is 10.1 Å². The number of amidine groups is 1. The monoisotopic (exact) mass is 451 g/mol. The highest BCUT2D eigenvalue weighted by Gasteiger charge is 2.38. The first kappa shape index (κ1) is 22.1. The van der Waals surface area contributed by atoms with Gasteiger partial charge in [0.05, 0.1) is 15.5 Å². The minimum atomic E-state index is -0.635. The molecule has 2 fully saturated rings. The predicted octanol–water partition coefficient (Wildman–Crippen LogP) is 5.80. The molecule has 0 bridgehead atoms. The summed E-state index contributed by atoms with van der Waals surface area (Å²) >= 11 is 1.30. The average molecular weight is 452 g/mol. The third kappa shape index (κ3) is 4.55. The van der Waals surface area contributed by atoms with Crippen LogP contribution in [-0.2, 0) is 11.2 Å². The number of amides is 1. The summed E-state index contributed by atoms with van der Waals surface area (Å²) in [5, 5.41) is 21.6. The van der Waals surface area contributed by atoms with Crippen LogP contribution >= 0.6 is 11.8 Å². The van der Waals surface area contributed by atoms with Crippen molar-refractivity contribution >= 4 is 40.3 Å². The molecule has 0 radical (unpaired) electrons. The van der Waals surface area contributed by atoms with Crippen LogP contribution in [0.25, 0.3) is 6.08 Å². The lowest BCUT2D eigenvalue weighted by molar-refractivity contribution is -0.385. The highest BCUT2D eigenvalue weighted by atomic mass is 32.2. The second-order valence-corrected chi connectivity index (χ2v) is 8.97. The number of nitro benzene ring substituents is 1. The quantitative estimate of drug-likeness (QED) is 0.352. The molecule has 2 aromatic rings. The molecule has 4 rings (SSSR count). The molecule has 0 spiro atoms. The number of phenols is 1. The first-order valence-electron chi connectivity index (χ1n) is 10.8. The maximum atomic E-state index is 13.4. The van der Waals surface area contributed by atoms with E-state index in [0.29, 0.717) is 15.6 Å². The van der Waals surface area contributed by atoms with Crippen molar-refractivity contribution in [1.29, 1.82) is 0 Å². The largest absolute Gasteiger partial charge is 0.502 e. The summed E-state index contributed by atoms with van der Waals surface area (Å²) in [7, 11) is 0. The van der Waals surface area contributed by atoms with Crippen molar-refractivity contribution in [2.45, 2.75) is 51.5 Å². The van der Waals surface area contributed by atoms with E-state index in [4.69, 9.17) is 4.99 Å². The molecule has 8 heteroatoms. The number of aliphatic imine (C=N–C) groups is 1. The van der Waals surface area contributed by atoms with Gasteiger partial charge in [-0.25, -0.2) is 4.99 Å². The molecule has 2 aliphatic rings. The number of aromatic hydroxyl groups is 1. The smallest absolute Gasteiger partial charge is 0.311 e.